The summed E-state index contributed by atoms with van der Waals surface area (Å²) < 4.78 is 8.32. The van der Waals surface area contributed by atoms with Gasteiger partial charge in [0, 0.05) is 35.7 Å². The second-order valence-electron chi connectivity index (χ2n) is 9.02. The molecule has 5 rings (SSSR count). The quantitative estimate of drug-likeness (QED) is 0.353. The molecule has 0 atom stereocenters. The van der Waals surface area contributed by atoms with Crippen LogP contribution in [0.3, 0.4) is 0 Å². The lowest BCUT2D eigenvalue weighted by Crippen LogP contribution is -2.29. The summed E-state index contributed by atoms with van der Waals surface area (Å²) in [6, 6.07) is 3.89. The Balaban J connectivity index is 1.52. The Morgan fingerprint density at radius 2 is 1.77 bits per heavy atom. The van der Waals surface area contributed by atoms with Crippen LogP contribution in [0.5, 0.6) is 0 Å². The van der Waals surface area contributed by atoms with Crippen molar-refractivity contribution in [3.05, 3.63) is 32.8 Å². The molecule has 1 aromatic carbocycles. The number of ether oxygens (including phenoxy) is 1. The van der Waals surface area contributed by atoms with Gasteiger partial charge in [-0.25, -0.2) is 9.97 Å². The van der Waals surface area contributed by atoms with Crippen LogP contribution in [0.1, 0.15) is 44.6 Å². The number of primary amides is 1. The molecule has 35 heavy (non-hydrogen) atoms. The second-order valence-corrected chi connectivity index (χ2v) is 10.7. The average Bonchev–Trinajstić information content (AvgIpc) is 3.19. The third-order valence-corrected chi connectivity index (χ3v) is 7.75. The van der Waals surface area contributed by atoms with Crippen LogP contribution in [0, 0.1) is 5.92 Å². The number of anilines is 3. The molecule has 0 unspecified atom stereocenters. The van der Waals surface area contributed by atoms with E-state index < -0.39 is 0 Å². The maximum atomic E-state index is 11.7. The normalized spacial score (nSPS) is 21.2. The van der Waals surface area contributed by atoms with Crippen LogP contribution in [0.15, 0.2) is 22.8 Å². The van der Waals surface area contributed by atoms with Crippen LogP contribution < -0.4 is 16.4 Å². The molecule has 0 radical (unpaired) electrons. The van der Waals surface area contributed by atoms with Crippen LogP contribution in [-0.4, -0.2) is 44.7 Å². The van der Waals surface area contributed by atoms with Crippen molar-refractivity contribution >= 4 is 73.8 Å². The van der Waals surface area contributed by atoms with E-state index in [9.17, 15) is 4.79 Å². The first-order valence-corrected chi connectivity index (χ1v) is 13.2. The Morgan fingerprint density at radius 3 is 2.43 bits per heavy atom. The molecule has 0 bridgehead atoms. The number of carbonyl (C=O) groups is 1. The number of fused-ring (bicyclic) bond motifs is 1. The standard InChI is InChI=1S/C23H26BrCl2N7O2/c24-13-9-16(25)19(17(26)10-13)31-23-30-18-11-28-22(29-14-5-7-35-8-6-14)32-21(18)33(23)15-3-1-12(2-4-15)20(27)34/h9-12,14-15H,1-8H2,(H2,27,34)(H,30,31)(H,28,29,32)/t12-,15+. The summed E-state index contributed by atoms with van der Waals surface area (Å²) >= 11 is 16.4. The summed E-state index contributed by atoms with van der Waals surface area (Å²) in [5.74, 6) is 0.790. The third kappa shape index (κ3) is 5.35. The first kappa shape index (κ1) is 24.5. The molecular formula is C23H26BrCl2N7O2. The van der Waals surface area contributed by atoms with Gasteiger partial charge in [0.05, 0.1) is 21.9 Å². The van der Waals surface area contributed by atoms with E-state index in [0.29, 0.717) is 38.8 Å². The number of nitrogens with two attached hydrogens (primary N) is 1. The Bertz CT molecular complexity index is 1220. The van der Waals surface area contributed by atoms with Crippen LogP contribution in [0.4, 0.5) is 17.6 Å². The smallest absolute Gasteiger partial charge is 0.224 e. The van der Waals surface area contributed by atoms with Crippen molar-refractivity contribution in [2.24, 2.45) is 11.7 Å². The molecule has 4 N–H and O–H groups in total. The van der Waals surface area contributed by atoms with E-state index in [0.717, 1.165) is 56.2 Å². The molecule has 2 aliphatic rings. The zero-order valence-electron chi connectivity index (χ0n) is 18.9. The van der Waals surface area contributed by atoms with Gasteiger partial charge < -0.3 is 21.1 Å². The van der Waals surface area contributed by atoms with Gasteiger partial charge in [0.2, 0.25) is 17.8 Å². The maximum absolute atomic E-state index is 11.7. The number of nitrogens with one attached hydrogen (secondary N) is 2. The molecule has 1 saturated carbocycles. The van der Waals surface area contributed by atoms with Crippen molar-refractivity contribution in [1.82, 2.24) is 19.5 Å². The van der Waals surface area contributed by atoms with Gasteiger partial charge >= 0.3 is 0 Å². The van der Waals surface area contributed by atoms with Crippen LogP contribution in [-0.2, 0) is 9.53 Å². The maximum Gasteiger partial charge on any atom is 0.224 e. The highest BCUT2D eigenvalue weighted by Gasteiger charge is 2.29. The summed E-state index contributed by atoms with van der Waals surface area (Å²) in [6.07, 6.45) is 6.54. The molecular weight excluding hydrogens is 557 g/mol. The second kappa shape index (κ2) is 10.5. The Morgan fingerprint density at radius 1 is 1.09 bits per heavy atom. The summed E-state index contributed by atoms with van der Waals surface area (Å²) in [5, 5.41) is 7.70. The van der Waals surface area contributed by atoms with Crippen molar-refractivity contribution in [3.8, 4) is 0 Å². The number of halogens is 3. The average molecular weight is 583 g/mol. The van der Waals surface area contributed by atoms with Crippen molar-refractivity contribution in [3.63, 3.8) is 0 Å². The predicted octanol–water partition coefficient (Wildman–Crippen LogP) is 5.45. The molecule has 1 amide bonds. The first-order valence-electron chi connectivity index (χ1n) is 11.7. The molecule has 1 saturated heterocycles. The van der Waals surface area contributed by atoms with E-state index in [1.54, 1.807) is 18.3 Å². The summed E-state index contributed by atoms with van der Waals surface area (Å²) in [6.45, 7) is 1.45. The lowest BCUT2D eigenvalue weighted by molar-refractivity contribution is -0.122. The first-order chi connectivity index (χ1) is 16.9. The molecule has 2 fully saturated rings. The summed E-state index contributed by atoms with van der Waals surface area (Å²) in [5.41, 5.74) is 7.50. The van der Waals surface area contributed by atoms with Crippen molar-refractivity contribution in [1.29, 1.82) is 0 Å². The minimum atomic E-state index is -0.240. The lowest BCUT2D eigenvalue weighted by Gasteiger charge is -2.29. The van der Waals surface area contributed by atoms with Gasteiger partial charge in [-0.05, 0) is 50.7 Å². The predicted molar refractivity (Wildman–Crippen MR) is 140 cm³/mol. The van der Waals surface area contributed by atoms with Gasteiger partial charge in [-0.1, -0.05) is 39.1 Å². The zero-order valence-corrected chi connectivity index (χ0v) is 22.0. The summed E-state index contributed by atoms with van der Waals surface area (Å²) in [4.78, 5) is 25.9. The van der Waals surface area contributed by atoms with E-state index in [-0.39, 0.29) is 23.9 Å². The van der Waals surface area contributed by atoms with E-state index >= 15 is 0 Å². The number of carbonyl (C=O) groups excluding carboxylic acids is 1. The van der Waals surface area contributed by atoms with Gasteiger partial charge in [-0.15, -0.1) is 0 Å². The molecule has 3 heterocycles. The van der Waals surface area contributed by atoms with E-state index in [1.165, 1.54) is 0 Å². The van der Waals surface area contributed by atoms with E-state index in [2.05, 4.69) is 36.1 Å². The number of aromatic nitrogens is 4. The number of nitrogens with zero attached hydrogens (tertiary/aromatic N) is 4. The Kier molecular flexibility index (Phi) is 7.34. The molecule has 1 aliphatic heterocycles. The van der Waals surface area contributed by atoms with Crippen LogP contribution >= 0.6 is 39.1 Å². The number of hydrogen-bond acceptors (Lipinski definition) is 7. The number of imidazole rings is 1. The minimum Gasteiger partial charge on any atom is -0.381 e. The van der Waals surface area contributed by atoms with Crippen molar-refractivity contribution < 1.29 is 9.53 Å². The monoisotopic (exact) mass is 581 g/mol. The molecule has 12 heteroatoms. The molecule has 9 nitrogen and oxygen atoms in total. The fraction of sp³-hybridized carbons (Fsp3) is 0.478. The van der Waals surface area contributed by atoms with Gasteiger partial charge in [0.25, 0.3) is 0 Å². The van der Waals surface area contributed by atoms with E-state index in [1.807, 2.05) is 0 Å². The SMILES string of the molecule is NC(=O)[C@H]1CC[C@@H](n2c(Nc3c(Cl)cc(Br)cc3Cl)nc3cnc(NC4CCOCC4)nc32)CC1. The summed E-state index contributed by atoms with van der Waals surface area (Å²) in [7, 11) is 0. The molecule has 3 aromatic rings. The molecule has 1 aliphatic carbocycles. The van der Waals surface area contributed by atoms with Gasteiger partial charge in [-0.3, -0.25) is 9.36 Å². The zero-order chi connectivity index (χ0) is 24.5. The Hall–Kier alpha value is -2.14. The molecule has 2 aromatic heterocycles. The van der Waals surface area contributed by atoms with Gasteiger partial charge in [0.1, 0.15) is 5.52 Å². The highest BCUT2D eigenvalue weighted by molar-refractivity contribution is 9.10. The van der Waals surface area contributed by atoms with E-state index in [4.69, 9.17) is 43.6 Å². The number of benzene rings is 1. The fourth-order valence-corrected chi connectivity index (χ4v) is 6.11. The lowest BCUT2D eigenvalue weighted by atomic mass is 9.85. The highest BCUT2D eigenvalue weighted by atomic mass is 79.9. The third-order valence-electron chi connectivity index (χ3n) is 6.70. The van der Waals surface area contributed by atoms with Gasteiger partial charge in [0.15, 0.2) is 5.65 Å². The van der Waals surface area contributed by atoms with Crippen LogP contribution in [0.25, 0.3) is 11.2 Å². The van der Waals surface area contributed by atoms with Crippen LogP contribution in [0.2, 0.25) is 10.0 Å². The molecule has 186 valence electrons. The number of hydrogen-bond donors (Lipinski definition) is 3. The highest BCUT2D eigenvalue weighted by Crippen LogP contribution is 2.40. The van der Waals surface area contributed by atoms with Gasteiger partial charge in [-0.2, -0.15) is 4.98 Å². The van der Waals surface area contributed by atoms with Crippen molar-refractivity contribution in [2.75, 3.05) is 23.8 Å². The topological polar surface area (TPSA) is 120 Å². The molecule has 0 spiro atoms. The largest absolute Gasteiger partial charge is 0.381 e. The Labute approximate surface area is 221 Å². The number of amides is 1. The number of rotatable bonds is 6. The minimum absolute atomic E-state index is 0.0805. The fourth-order valence-electron chi connectivity index (χ4n) is 4.81. The van der Waals surface area contributed by atoms with Crippen molar-refractivity contribution in [2.45, 2.75) is 50.6 Å².